The topological polar surface area (TPSA) is 37.4 Å². The third-order valence-electron chi connectivity index (χ3n) is 5.68. The van der Waals surface area contributed by atoms with E-state index in [4.69, 9.17) is 0 Å². The van der Waals surface area contributed by atoms with Crippen molar-refractivity contribution < 1.29 is 9.59 Å². The van der Waals surface area contributed by atoms with Gasteiger partial charge in [-0.15, -0.1) is 0 Å². The SMILES string of the molecule is CC(=O)C1(C(C)=O)[C@H]2[C@@H](/C=C/c3ccc(N(C)C)cc3)C=CC[C@H]21. The van der Waals surface area contributed by atoms with Crippen LogP contribution in [-0.4, -0.2) is 25.7 Å². The van der Waals surface area contributed by atoms with Gasteiger partial charge in [-0.1, -0.05) is 36.4 Å². The van der Waals surface area contributed by atoms with Crippen molar-refractivity contribution in [3.8, 4) is 0 Å². The molecule has 0 spiro atoms. The van der Waals surface area contributed by atoms with E-state index in [1.54, 1.807) is 13.8 Å². The Morgan fingerprint density at radius 3 is 2.29 bits per heavy atom. The lowest BCUT2D eigenvalue weighted by Gasteiger charge is -2.14. The number of anilines is 1. The molecule has 0 heterocycles. The fourth-order valence-electron chi connectivity index (χ4n) is 4.42. The van der Waals surface area contributed by atoms with E-state index in [1.807, 2.05) is 14.1 Å². The lowest BCUT2D eigenvalue weighted by atomic mass is 9.88. The first kappa shape index (κ1) is 16.7. The average molecular weight is 323 g/mol. The van der Waals surface area contributed by atoms with Gasteiger partial charge in [-0.05, 0) is 55.7 Å². The summed E-state index contributed by atoms with van der Waals surface area (Å²) in [4.78, 5) is 26.4. The summed E-state index contributed by atoms with van der Waals surface area (Å²) < 4.78 is 0. The maximum atomic E-state index is 12.2. The summed E-state index contributed by atoms with van der Waals surface area (Å²) >= 11 is 0. The van der Waals surface area contributed by atoms with Crippen LogP contribution in [0.25, 0.3) is 6.08 Å². The van der Waals surface area contributed by atoms with Gasteiger partial charge in [-0.25, -0.2) is 0 Å². The Balaban J connectivity index is 1.80. The number of allylic oxidation sites excluding steroid dienone is 3. The monoisotopic (exact) mass is 323 g/mol. The van der Waals surface area contributed by atoms with Crippen molar-refractivity contribution in [2.45, 2.75) is 20.3 Å². The van der Waals surface area contributed by atoms with E-state index in [2.05, 4.69) is 53.5 Å². The third kappa shape index (κ3) is 2.52. The summed E-state index contributed by atoms with van der Waals surface area (Å²) in [6.45, 7) is 3.14. The standard InChI is InChI=1S/C21H25NO2/c1-14(23)21(15(2)24)19-7-5-6-17(20(19)21)11-8-16-9-12-18(13-10-16)22(3)4/h5-6,8-13,17,19-20H,7H2,1-4H3/b11-8+/t17-,19-,20+/m1/s1. The van der Waals surface area contributed by atoms with Gasteiger partial charge >= 0.3 is 0 Å². The molecule has 0 unspecified atom stereocenters. The number of fused-ring (bicyclic) bond motifs is 1. The van der Waals surface area contributed by atoms with Crippen molar-refractivity contribution >= 4 is 23.3 Å². The highest BCUT2D eigenvalue weighted by Gasteiger charge is 2.72. The Bertz CT molecular complexity index is 698. The van der Waals surface area contributed by atoms with Crippen molar-refractivity contribution in [1.82, 2.24) is 0 Å². The highest BCUT2D eigenvalue weighted by Crippen LogP contribution is 2.67. The predicted octanol–water partition coefficient (Wildman–Crippen LogP) is 3.75. The highest BCUT2D eigenvalue weighted by atomic mass is 16.2. The van der Waals surface area contributed by atoms with Gasteiger partial charge in [0.05, 0.1) is 5.41 Å². The van der Waals surface area contributed by atoms with Crippen LogP contribution in [0, 0.1) is 23.2 Å². The molecule has 0 saturated heterocycles. The molecule has 0 radical (unpaired) electrons. The summed E-state index contributed by atoms with van der Waals surface area (Å²) in [6, 6.07) is 8.36. The molecule has 3 nitrogen and oxygen atoms in total. The van der Waals surface area contributed by atoms with Crippen molar-refractivity contribution in [2.75, 3.05) is 19.0 Å². The van der Waals surface area contributed by atoms with E-state index in [1.165, 1.54) is 5.69 Å². The fraction of sp³-hybridized carbons (Fsp3) is 0.429. The third-order valence-corrected chi connectivity index (χ3v) is 5.68. The van der Waals surface area contributed by atoms with E-state index in [0.717, 1.165) is 12.0 Å². The van der Waals surface area contributed by atoms with Crippen LogP contribution >= 0.6 is 0 Å². The van der Waals surface area contributed by atoms with Crippen LogP contribution in [0.5, 0.6) is 0 Å². The van der Waals surface area contributed by atoms with Crippen LogP contribution in [0.4, 0.5) is 5.69 Å². The van der Waals surface area contributed by atoms with Crippen LogP contribution in [0.15, 0.2) is 42.5 Å². The molecule has 3 rings (SSSR count). The lowest BCUT2D eigenvalue weighted by Crippen LogP contribution is -2.26. The Morgan fingerprint density at radius 1 is 1.12 bits per heavy atom. The number of rotatable bonds is 5. The zero-order valence-corrected chi connectivity index (χ0v) is 14.8. The molecule has 0 N–H and O–H groups in total. The van der Waals surface area contributed by atoms with Gasteiger partial charge in [0.25, 0.3) is 0 Å². The first-order valence-corrected chi connectivity index (χ1v) is 8.53. The zero-order valence-electron chi connectivity index (χ0n) is 14.8. The smallest absolute Gasteiger partial charge is 0.143 e. The fourth-order valence-corrected chi connectivity index (χ4v) is 4.42. The second kappa shape index (κ2) is 6.04. The molecular weight excluding hydrogens is 298 g/mol. The summed E-state index contributed by atoms with van der Waals surface area (Å²) in [7, 11) is 4.04. The van der Waals surface area contributed by atoms with Gasteiger partial charge < -0.3 is 4.90 Å². The Hall–Kier alpha value is -2.16. The van der Waals surface area contributed by atoms with E-state index >= 15 is 0 Å². The first-order valence-electron chi connectivity index (χ1n) is 8.53. The van der Waals surface area contributed by atoms with Gasteiger partial charge in [0.2, 0.25) is 0 Å². The van der Waals surface area contributed by atoms with E-state index in [9.17, 15) is 9.59 Å². The molecule has 2 aliphatic rings. The van der Waals surface area contributed by atoms with Crippen LogP contribution in [-0.2, 0) is 9.59 Å². The van der Waals surface area contributed by atoms with Gasteiger partial charge in [0.15, 0.2) is 0 Å². The highest BCUT2D eigenvalue weighted by molar-refractivity contribution is 6.09. The lowest BCUT2D eigenvalue weighted by molar-refractivity contribution is -0.133. The molecule has 1 aromatic carbocycles. The van der Waals surface area contributed by atoms with Gasteiger partial charge in [0.1, 0.15) is 11.6 Å². The zero-order chi connectivity index (χ0) is 17.5. The number of hydrogen-bond donors (Lipinski definition) is 0. The molecule has 24 heavy (non-hydrogen) atoms. The number of nitrogens with zero attached hydrogens (tertiary/aromatic N) is 1. The summed E-state index contributed by atoms with van der Waals surface area (Å²) in [6.07, 6.45) is 9.36. The van der Waals surface area contributed by atoms with Crippen LogP contribution in [0.2, 0.25) is 0 Å². The largest absolute Gasteiger partial charge is 0.378 e. The van der Waals surface area contributed by atoms with E-state index < -0.39 is 5.41 Å². The maximum absolute atomic E-state index is 12.2. The summed E-state index contributed by atoms with van der Waals surface area (Å²) in [5, 5.41) is 0. The van der Waals surface area contributed by atoms with Crippen molar-refractivity contribution in [2.24, 2.45) is 23.2 Å². The molecule has 126 valence electrons. The molecule has 1 aromatic rings. The molecule has 0 bridgehead atoms. The van der Waals surface area contributed by atoms with Crippen molar-refractivity contribution in [3.05, 3.63) is 48.1 Å². The molecule has 0 aromatic heterocycles. The number of carbonyl (C=O) groups is 2. The van der Waals surface area contributed by atoms with Crippen LogP contribution in [0.3, 0.4) is 0 Å². The minimum absolute atomic E-state index is 0.0300. The first-order chi connectivity index (χ1) is 11.4. The molecule has 1 fully saturated rings. The van der Waals surface area contributed by atoms with Crippen LogP contribution in [0.1, 0.15) is 25.8 Å². The van der Waals surface area contributed by atoms with Gasteiger partial charge in [-0.3, -0.25) is 9.59 Å². The average Bonchev–Trinajstić information content (AvgIpc) is 3.24. The Kier molecular flexibility index (Phi) is 4.20. The Morgan fingerprint density at radius 2 is 1.75 bits per heavy atom. The van der Waals surface area contributed by atoms with Gasteiger partial charge in [-0.2, -0.15) is 0 Å². The number of carbonyl (C=O) groups excluding carboxylic acids is 2. The van der Waals surface area contributed by atoms with Gasteiger partial charge in [0, 0.05) is 19.8 Å². The molecular formula is C21H25NO2. The van der Waals surface area contributed by atoms with Crippen molar-refractivity contribution in [1.29, 1.82) is 0 Å². The molecule has 2 aliphatic carbocycles. The van der Waals surface area contributed by atoms with Crippen molar-refractivity contribution in [3.63, 3.8) is 0 Å². The normalized spacial score (nSPS) is 26.9. The quantitative estimate of drug-likeness (QED) is 0.612. The summed E-state index contributed by atoms with van der Waals surface area (Å²) in [5.74, 6) is 0.535. The summed E-state index contributed by atoms with van der Waals surface area (Å²) in [5.41, 5.74) is 1.56. The second-order valence-electron chi connectivity index (χ2n) is 7.20. The molecule has 3 atom stereocenters. The maximum Gasteiger partial charge on any atom is 0.143 e. The molecule has 3 heteroatoms. The number of Topliss-reactive ketones (excluding diaryl/α,β-unsaturated/α-hetero) is 2. The van der Waals surface area contributed by atoms with E-state index in [0.29, 0.717) is 0 Å². The minimum atomic E-state index is -0.743. The number of ketones is 2. The molecule has 0 amide bonds. The molecule has 0 aliphatic heterocycles. The molecule has 1 saturated carbocycles. The minimum Gasteiger partial charge on any atom is -0.378 e. The van der Waals surface area contributed by atoms with E-state index in [-0.39, 0.29) is 29.3 Å². The second-order valence-corrected chi connectivity index (χ2v) is 7.20. The van der Waals surface area contributed by atoms with Crippen LogP contribution < -0.4 is 4.90 Å². The predicted molar refractivity (Wildman–Crippen MR) is 97.8 cm³/mol. The Labute approximate surface area is 144 Å². The number of benzene rings is 1. The number of hydrogen-bond acceptors (Lipinski definition) is 3.